The van der Waals surface area contributed by atoms with Crippen LogP contribution in [0.1, 0.15) is 22.4 Å². The Morgan fingerprint density at radius 2 is 1.73 bits per heavy atom. The molecule has 6 heteroatoms. The number of rotatable bonds is 8. The summed E-state index contributed by atoms with van der Waals surface area (Å²) < 4.78 is 12.9. The summed E-state index contributed by atoms with van der Waals surface area (Å²) in [5, 5.41) is 2.96. The Balaban J connectivity index is 1.48. The standard InChI is InChI=1S/C27H29N3O3/c1-18-7-8-21(16-20(18)3)26-24(30-14-5-6-19(2)27(30)29-26)17-25(31)28-13-15-33-23-11-9-22(32-4)10-12-23/h5-12,14,16H,13,15,17H2,1-4H3,(H,28,31). The largest absolute Gasteiger partial charge is 0.497 e. The molecular formula is C27H29N3O3. The van der Waals surface area contributed by atoms with Crippen molar-refractivity contribution in [1.82, 2.24) is 14.7 Å². The minimum atomic E-state index is -0.0679. The number of pyridine rings is 1. The molecule has 4 aromatic rings. The number of amides is 1. The third kappa shape index (κ3) is 5.00. The molecule has 6 nitrogen and oxygen atoms in total. The smallest absolute Gasteiger partial charge is 0.226 e. The Kier molecular flexibility index (Phi) is 6.63. The quantitative estimate of drug-likeness (QED) is 0.402. The zero-order chi connectivity index (χ0) is 23.4. The van der Waals surface area contributed by atoms with E-state index in [1.165, 1.54) is 11.1 Å². The van der Waals surface area contributed by atoms with Gasteiger partial charge >= 0.3 is 0 Å². The van der Waals surface area contributed by atoms with Crippen molar-refractivity contribution in [3.05, 3.63) is 83.2 Å². The molecule has 1 amide bonds. The first-order valence-electron chi connectivity index (χ1n) is 11.0. The fourth-order valence-corrected chi connectivity index (χ4v) is 3.79. The van der Waals surface area contributed by atoms with E-state index in [4.69, 9.17) is 14.5 Å². The number of aryl methyl sites for hydroxylation is 3. The minimum absolute atomic E-state index is 0.0679. The van der Waals surface area contributed by atoms with Crippen molar-refractivity contribution in [2.24, 2.45) is 0 Å². The summed E-state index contributed by atoms with van der Waals surface area (Å²) >= 11 is 0. The highest BCUT2D eigenvalue weighted by Gasteiger charge is 2.18. The average Bonchev–Trinajstić information content (AvgIpc) is 3.18. The number of nitrogens with one attached hydrogen (secondary N) is 1. The zero-order valence-electron chi connectivity index (χ0n) is 19.5. The predicted octanol–water partition coefficient (Wildman–Crippen LogP) is 4.67. The molecule has 2 aromatic heterocycles. The van der Waals surface area contributed by atoms with Crippen LogP contribution in [0.3, 0.4) is 0 Å². The third-order valence-corrected chi connectivity index (χ3v) is 5.80. The highest BCUT2D eigenvalue weighted by atomic mass is 16.5. The molecule has 0 fully saturated rings. The zero-order valence-corrected chi connectivity index (χ0v) is 19.5. The molecule has 0 spiro atoms. The summed E-state index contributed by atoms with van der Waals surface area (Å²) in [4.78, 5) is 17.7. The van der Waals surface area contributed by atoms with Gasteiger partial charge in [0.2, 0.25) is 5.91 Å². The van der Waals surface area contributed by atoms with E-state index >= 15 is 0 Å². The molecule has 1 N–H and O–H groups in total. The summed E-state index contributed by atoms with van der Waals surface area (Å²) in [5.74, 6) is 1.44. The molecule has 4 rings (SSSR count). The summed E-state index contributed by atoms with van der Waals surface area (Å²) in [7, 11) is 1.63. The predicted molar refractivity (Wildman–Crippen MR) is 130 cm³/mol. The number of aromatic nitrogens is 2. The second-order valence-corrected chi connectivity index (χ2v) is 8.14. The molecule has 170 valence electrons. The maximum atomic E-state index is 12.8. The lowest BCUT2D eigenvalue weighted by molar-refractivity contribution is -0.120. The molecule has 33 heavy (non-hydrogen) atoms. The van der Waals surface area contributed by atoms with E-state index in [0.29, 0.717) is 13.2 Å². The monoisotopic (exact) mass is 443 g/mol. The SMILES string of the molecule is COc1ccc(OCCNC(=O)Cc2c(-c3ccc(C)c(C)c3)nc3c(C)cccn23)cc1. The number of fused-ring (bicyclic) bond motifs is 1. The first-order valence-corrected chi connectivity index (χ1v) is 11.0. The first-order chi connectivity index (χ1) is 16.0. The van der Waals surface area contributed by atoms with Gasteiger partial charge in [-0.2, -0.15) is 0 Å². The second-order valence-electron chi connectivity index (χ2n) is 8.14. The summed E-state index contributed by atoms with van der Waals surface area (Å²) in [6, 6.07) is 17.7. The van der Waals surface area contributed by atoms with Gasteiger partial charge in [0.25, 0.3) is 0 Å². The van der Waals surface area contributed by atoms with Gasteiger partial charge in [0.05, 0.1) is 31.5 Å². The topological polar surface area (TPSA) is 64.9 Å². The van der Waals surface area contributed by atoms with Crippen molar-refractivity contribution >= 4 is 11.6 Å². The summed E-state index contributed by atoms with van der Waals surface area (Å²) in [5.41, 5.74) is 7.12. The maximum absolute atomic E-state index is 12.8. The van der Waals surface area contributed by atoms with Gasteiger partial charge in [0.15, 0.2) is 0 Å². The Morgan fingerprint density at radius 3 is 2.45 bits per heavy atom. The second kappa shape index (κ2) is 9.77. The van der Waals surface area contributed by atoms with Gasteiger partial charge in [-0.25, -0.2) is 4.98 Å². The van der Waals surface area contributed by atoms with Crippen LogP contribution in [0.4, 0.5) is 0 Å². The van der Waals surface area contributed by atoms with E-state index < -0.39 is 0 Å². The van der Waals surface area contributed by atoms with Gasteiger partial charge < -0.3 is 19.2 Å². The number of nitrogens with zero attached hydrogens (tertiary/aromatic N) is 2. The van der Waals surface area contributed by atoms with Crippen molar-refractivity contribution in [3.63, 3.8) is 0 Å². The van der Waals surface area contributed by atoms with Crippen LogP contribution in [-0.4, -0.2) is 35.6 Å². The molecule has 0 atom stereocenters. The molecule has 2 heterocycles. The number of hydrogen-bond acceptors (Lipinski definition) is 4. The lowest BCUT2D eigenvalue weighted by Gasteiger charge is -2.10. The maximum Gasteiger partial charge on any atom is 0.226 e. The minimum Gasteiger partial charge on any atom is -0.497 e. The normalized spacial score (nSPS) is 10.9. The Bertz CT molecular complexity index is 1280. The van der Waals surface area contributed by atoms with Crippen molar-refractivity contribution < 1.29 is 14.3 Å². The van der Waals surface area contributed by atoms with Gasteiger partial charge in [-0.3, -0.25) is 4.79 Å². The summed E-state index contributed by atoms with van der Waals surface area (Å²) in [6.07, 6.45) is 2.20. The molecule has 0 aliphatic rings. The van der Waals surface area contributed by atoms with E-state index in [1.54, 1.807) is 7.11 Å². The number of carbonyl (C=O) groups is 1. The number of hydrogen-bond donors (Lipinski definition) is 1. The lowest BCUT2D eigenvalue weighted by Crippen LogP contribution is -2.29. The van der Waals surface area contributed by atoms with E-state index in [0.717, 1.165) is 39.7 Å². The van der Waals surface area contributed by atoms with Crippen molar-refractivity contribution in [2.75, 3.05) is 20.3 Å². The molecule has 0 aliphatic carbocycles. The van der Waals surface area contributed by atoms with Crippen molar-refractivity contribution in [1.29, 1.82) is 0 Å². The number of carbonyl (C=O) groups excluding carboxylic acids is 1. The third-order valence-electron chi connectivity index (χ3n) is 5.80. The van der Waals surface area contributed by atoms with E-state index in [-0.39, 0.29) is 12.3 Å². The Morgan fingerprint density at radius 1 is 0.970 bits per heavy atom. The van der Waals surface area contributed by atoms with Crippen LogP contribution in [0.25, 0.3) is 16.9 Å². The van der Waals surface area contributed by atoms with Crippen LogP contribution in [-0.2, 0) is 11.2 Å². The molecule has 0 saturated carbocycles. The molecule has 0 radical (unpaired) electrons. The fraction of sp³-hybridized carbons (Fsp3) is 0.259. The molecule has 0 bridgehead atoms. The van der Waals surface area contributed by atoms with E-state index in [2.05, 4.69) is 37.4 Å². The highest BCUT2D eigenvalue weighted by Crippen LogP contribution is 2.28. The fourth-order valence-electron chi connectivity index (χ4n) is 3.79. The van der Waals surface area contributed by atoms with Crippen LogP contribution in [0.2, 0.25) is 0 Å². The van der Waals surface area contributed by atoms with Gasteiger partial charge in [0.1, 0.15) is 23.8 Å². The molecule has 0 aliphatic heterocycles. The van der Waals surface area contributed by atoms with Gasteiger partial charge in [-0.1, -0.05) is 18.2 Å². The lowest BCUT2D eigenvalue weighted by atomic mass is 10.0. The van der Waals surface area contributed by atoms with Crippen LogP contribution >= 0.6 is 0 Å². The van der Waals surface area contributed by atoms with Crippen LogP contribution < -0.4 is 14.8 Å². The van der Waals surface area contributed by atoms with Gasteiger partial charge in [0, 0.05) is 11.8 Å². The van der Waals surface area contributed by atoms with Gasteiger partial charge in [-0.15, -0.1) is 0 Å². The molecule has 0 saturated heterocycles. The van der Waals surface area contributed by atoms with Crippen LogP contribution in [0, 0.1) is 20.8 Å². The number of methoxy groups -OCH3 is 1. The molecule has 0 unspecified atom stereocenters. The van der Waals surface area contributed by atoms with Gasteiger partial charge in [-0.05, 0) is 73.9 Å². The van der Waals surface area contributed by atoms with Crippen LogP contribution in [0.15, 0.2) is 60.8 Å². The molecular weight excluding hydrogens is 414 g/mol. The average molecular weight is 444 g/mol. The number of benzene rings is 2. The Labute approximate surface area is 194 Å². The van der Waals surface area contributed by atoms with Crippen LogP contribution in [0.5, 0.6) is 11.5 Å². The Hall–Kier alpha value is -3.80. The number of imidazole rings is 1. The van der Waals surface area contributed by atoms with Crippen molar-refractivity contribution in [2.45, 2.75) is 27.2 Å². The number of ether oxygens (including phenoxy) is 2. The van der Waals surface area contributed by atoms with E-state index in [1.807, 2.05) is 53.9 Å². The molecule has 2 aromatic carbocycles. The van der Waals surface area contributed by atoms with Crippen molar-refractivity contribution in [3.8, 4) is 22.8 Å². The first kappa shape index (κ1) is 22.4. The highest BCUT2D eigenvalue weighted by molar-refractivity contribution is 5.82. The van der Waals surface area contributed by atoms with E-state index in [9.17, 15) is 4.79 Å². The summed E-state index contributed by atoms with van der Waals surface area (Å²) in [6.45, 7) is 7.02.